The number of hydrogen-bond acceptors (Lipinski definition) is 4. The molecule has 0 unspecified atom stereocenters. The van der Waals surface area contributed by atoms with E-state index < -0.39 is 28.0 Å². The van der Waals surface area contributed by atoms with Gasteiger partial charge in [-0.05, 0) is 43.3 Å². The highest BCUT2D eigenvalue weighted by atomic mass is 35.5. The number of hydrogen-bond donors (Lipinski definition) is 1. The van der Waals surface area contributed by atoms with Crippen LogP contribution in [0.4, 0.5) is 23.7 Å². The summed E-state index contributed by atoms with van der Waals surface area (Å²) in [6.45, 7) is 1.74. The molecule has 29 heavy (non-hydrogen) atoms. The van der Waals surface area contributed by atoms with Crippen molar-refractivity contribution in [2.75, 3.05) is 4.90 Å². The van der Waals surface area contributed by atoms with Crippen molar-refractivity contribution in [3.8, 4) is 0 Å². The fraction of sp³-hybridized carbons (Fsp3) is 0.111. The minimum atomic E-state index is -5.15. The van der Waals surface area contributed by atoms with Crippen LogP contribution in [0.2, 0.25) is 5.02 Å². The van der Waals surface area contributed by atoms with Gasteiger partial charge in [0.1, 0.15) is 0 Å². The normalized spacial score (nSPS) is 12.0. The van der Waals surface area contributed by atoms with E-state index in [-0.39, 0.29) is 21.7 Å². The molecule has 0 radical (unpaired) electrons. The van der Waals surface area contributed by atoms with Gasteiger partial charge in [0.15, 0.2) is 0 Å². The van der Waals surface area contributed by atoms with E-state index in [1.165, 1.54) is 48.5 Å². The molecule has 0 aliphatic carbocycles. The third kappa shape index (κ3) is 6.06. The Hall–Kier alpha value is -2.85. The van der Waals surface area contributed by atoms with Crippen molar-refractivity contribution in [1.82, 2.24) is 4.72 Å². The summed E-state index contributed by atoms with van der Waals surface area (Å²) in [6.07, 6.45) is -4.50. The number of nitrogens with zero attached hydrogens (tertiary/aromatic N) is 1. The third-order valence-corrected chi connectivity index (χ3v) is 5.12. The van der Waals surface area contributed by atoms with E-state index in [2.05, 4.69) is 0 Å². The number of carbonyl (C=O) groups excluding carboxylic acids is 2. The van der Waals surface area contributed by atoms with Gasteiger partial charge in [0.05, 0.1) is 10.6 Å². The van der Waals surface area contributed by atoms with Crippen LogP contribution in [0, 0.1) is 6.92 Å². The number of alkyl halides is 3. The molecule has 11 heteroatoms. The molecule has 1 N–H and O–H groups in total. The first kappa shape index (κ1) is 22.4. The maximum Gasteiger partial charge on any atom is 0.454 e. The SMILES string of the molecule is Cc1ccc(S(=O)(=O)NC(=O)N(/C=C/C(=O)C(F)(F)F)c2ccc(Cl)cc2)cc1. The molecule has 0 aliphatic rings. The van der Waals surface area contributed by atoms with Crippen LogP contribution in [0.1, 0.15) is 5.56 Å². The fourth-order valence-electron chi connectivity index (χ4n) is 2.05. The summed E-state index contributed by atoms with van der Waals surface area (Å²) >= 11 is 5.75. The van der Waals surface area contributed by atoms with Crippen molar-refractivity contribution in [2.24, 2.45) is 0 Å². The highest BCUT2D eigenvalue weighted by Gasteiger charge is 2.36. The van der Waals surface area contributed by atoms with Gasteiger partial charge in [0.25, 0.3) is 15.8 Å². The zero-order valence-corrected chi connectivity index (χ0v) is 16.3. The quantitative estimate of drug-likeness (QED) is 0.698. The Bertz CT molecular complexity index is 1030. The van der Waals surface area contributed by atoms with Crippen LogP contribution in [0.3, 0.4) is 0 Å². The topological polar surface area (TPSA) is 83.6 Å². The summed E-state index contributed by atoms with van der Waals surface area (Å²) < 4.78 is 63.9. The second-order valence-electron chi connectivity index (χ2n) is 5.75. The fourth-order valence-corrected chi connectivity index (χ4v) is 3.12. The molecule has 2 aromatic carbocycles. The largest absolute Gasteiger partial charge is 0.454 e. The summed E-state index contributed by atoms with van der Waals surface area (Å²) in [7, 11) is -4.31. The number of aryl methyl sites for hydroxylation is 1. The Morgan fingerprint density at radius 3 is 2.10 bits per heavy atom. The zero-order chi connectivity index (χ0) is 21.8. The van der Waals surface area contributed by atoms with Crippen molar-refractivity contribution in [2.45, 2.75) is 18.0 Å². The molecule has 0 atom stereocenters. The lowest BCUT2D eigenvalue weighted by Gasteiger charge is -2.19. The van der Waals surface area contributed by atoms with Crippen molar-refractivity contribution in [3.05, 3.63) is 71.4 Å². The number of anilines is 1. The van der Waals surface area contributed by atoms with E-state index in [4.69, 9.17) is 11.6 Å². The highest BCUT2D eigenvalue weighted by molar-refractivity contribution is 7.90. The number of benzene rings is 2. The molecular weight excluding hydrogens is 433 g/mol. The van der Waals surface area contributed by atoms with Gasteiger partial charge in [-0.15, -0.1) is 0 Å². The Balaban J connectivity index is 2.35. The Labute approximate surface area is 169 Å². The monoisotopic (exact) mass is 446 g/mol. The molecule has 2 rings (SSSR count). The lowest BCUT2D eigenvalue weighted by molar-refractivity contribution is -0.165. The van der Waals surface area contributed by atoms with Gasteiger partial charge in [-0.1, -0.05) is 29.3 Å². The van der Waals surface area contributed by atoms with Gasteiger partial charge >= 0.3 is 12.2 Å². The average molecular weight is 447 g/mol. The Kier molecular flexibility index (Phi) is 6.70. The molecular formula is C18H14ClF3N2O4S. The highest BCUT2D eigenvalue weighted by Crippen LogP contribution is 2.21. The predicted octanol–water partition coefficient (Wildman–Crippen LogP) is 4.20. The van der Waals surface area contributed by atoms with Gasteiger partial charge in [-0.2, -0.15) is 13.2 Å². The van der Waals surface area contributed by atoms with Crippen molar-refractivity contribution < 1.29 is 31.2 Å². The molecule has 0 heterocycles. The van der Waals surface area contributed by atoms with Gasteiger partial charge in [0, 0.05) is 17.3 Å². The van der Waals surface area contributed by atoms with Gasteiger partial charge in [-0.25, -0.2) is 17.9 Å². The van der Waals surface area contributed by atoms with Gasteiger partial charge in [-0.3, -0.25) is 9.69 Å². The van der Waals surface area contributed by atoms with Crippen LogP contribution in [-0.4, -0.2) is 26.4 Å². The van der Waals surface area contributed by atoms with Crippen molar-refractivity contribution in [1.29, 1.82) is 0 Å². The van der Waals surface area contributed by atoms with Crippen LogP contribution in [0.5, 0.6) is 0 Å². The average Bonchev–Trinajstić information content (AvgIpc) is 2.62. The molecule has 0 spiro atoms. The molecule has 154 valence electrons. The van der Waals surface area contributed by atoms with Crippen LogP contribution < -0.4 is 9.62 Å². The number of amides is 2. The minimum Gasteiger partial charge on any atom is -0.285 e. The number of sulfonamides is 1. The second-order valence-corrected chi connectivity index (χ2v) is 7.87. The second kappa shape index (κ2) is 8.66. The number of urea groups is 1. The lowest BCUT2D eigenvalue weighted by Crippen LogP contribution is -2.40. The standard InChI is InChI=1S/C18H14ClF3N2O4S/c1-12-2-8-15(9-3-12)29(27,28)23-17(26)24(11-10-16(25)18(20,21)22)14-6-4-13(19)5-7-14/h2-11H,1H3,(H,23,26)/b11-10+. The predicted molar refractivity (Wildman–Crippen MR) is 101 cm³/mol. The van der Waals surface area contributed by atoms with E-state index in [0.29, 0.717) is 11.1 Å². The maximum absolute atomic E-state index is 12.5. The first-order valence-electron chi connectivity index (χ1n) is 7.88. The van der Waals surface area contributed by atoms with Crippen LogP contribution >= 0.6 is 11.6 Å². The summed E-state index contributed by atoms with van der Waals surface area (Å²) in [5, 5.41) is 0.275. The van der Waals surface area contributed by atoms with Crippen LogP contribution in [-0.2, 0) is 14.8 Å². The molecule has 0 saturated carbocycles. The minimum absolute atomic E-state index is 0.0165. The molecule has 0 fully saturated rings. The van der Waals surface area contributed by atoms with Crippen LogP contribution in [0.15, 0.2) is 65.7 Å². The first-order valence-corrected chi connectivity index (χ1v) is 9.74. The van der Waals surface area contributed by atoms with Crippen molar-refractivity contribution >= 4 is 39.1 Å². The molecule has 0 bridgehead atoms. The smallest absolute Gasteiger partial charge is 0.285 e. The third-order valence-electron chi connectivity index (χ3n) is 3.53. The summed E-state index contributed by atoms with van der Waals surface area (Å²) in [4.78, 5) is 23.9. The lowest BCUT2D eigenvalue weighted by atomic mass is 10.2. The number of rotatable bonds is 5. The first-order chi connectivity index (χ1) is 13.4. The van der Waals surface area contributed by atoms with E-state index >= 15 is 0 Å². The number of carbonyl (C=O) groups is 2. The van der Waals surface area contributed by atoms with E-state index in [1.54, 1.807) is 11.6 Å². The zero-order valence-electron chi connectivity index (χ0n) is 14.8. The molecule has 0 aromatic heterocycles. The van der Waals surface area contributed by atoms with E-state index in [1.807, 2.05) is 0 Å². The van der Waals surface area contributed by atoms with Crippen molar-refractivity contribution in [3.63, 3.8) is 0 Å². The Morgan fingerprint density at radius 2 is 1.59 bits per heavy atom. The number of ketones is 1. The van der Waals surface area contributed by atoms with Crippen LogP contribution in [0.25, 0.3) is 0 Å². The molecule has 0 saturated heterocycles. The molecule has 2 aromatic rings. The van der Waals surface area contributed by atoms with E-state index in [0.717, 1.165) is 5.56 Å². The molecule has 2 amide bonds. The number of nitrogens with one attached hydrogen (secondary N) is 1. The van der Waals surface area contributed by atoms with E-state index in [9.17, 15) is 31.2 Å². The summed E-state index contributed by atoms with van der Waals surface area (Å²) in [5.41, 5.74) is 0.767. The number of allylic oxidation sites excluding steroid dienone is 1. The maximum atomic E-state index is 12.5. The summed E-state index contributed by atoms with van der Waals surface area (Å²) in [5.74, 6) is -2.22. The summed E-state index contributed by atoms with van der Waals surface area (Å²) in [6, 6.07) is 9.47. The molecule has 6 nitrogen and oxygen atoms in total. The van der Waals surface area contributed by atoms with Gasteiger partial charge in [0.2, 0.25) is 0 Å². The Morgan fingerprint density at radius 1 is 1.03 bits per heavy atom. The molecule has 0 aliphatic heterocycles. The van der Waals surface area contributed by atoms with Gasteiger partial charge < -0.3 is 0 Å². The number of halogens is 4.